The summed E-state index contributed by atoms with van der Waals surface area (Å²) in [6, 6.07) is 76.6. The average molecular weight is 792 g/mol. The summed E-state index contributed by atoms with van der Waals surface area (Å²) in [5, 5.41) is 5.05. The average Bonchev–Trinajstić information content (AvgIpc) is 3.79. The number of para-hydroxylation sites is 3. The molecule has 62 heavy (non-hydrogen) atoms. The third-order valence-electron chi connectivity index (χ3n) is 13.0. The highest BCUT2D eigenvalue weighted by Crippen LogP contribution is 2.53. The second-order valence-corrected chi connectivity index (χ2v) is 17.0. The molecule has 3 heteroatoms. The summed E-state index contributed by atoms with van der Waals surface area (Å²) < 4.78 is 2.40. The standard InChI is InChI=1S/C59H41N3/c1-59(2)50-26-15-25-46(57(50)49-35-41-18-6-7-19-42(41)36-51(49)59)43-20-14-21-44(34-43)53-37-52(60-58(61-53)40-16-4-3-5-17-40)39-32-30-38(31-33-39)45-22-8-11-27-54(45)62-55-28-12-9-23-47(55)48-24-10-13-29-56(48)62/h3-37H,1-2H3. The Morgan fingerprint density at radius 3 is 1.69 bits per heavy atom. The van der Waals surface area contributed by atoms with Crippen LogP contribution in [-0.2, 0) is 5.41 Å². The van der Waals surface area contributed by atoms with Crippen LogP contribution in [0.3, 0.4) is 0 Å². The number of nitrogens with zero attached hydrogens (tertiary/aromatic N) is 3. The van der Waals surface area contributed by atoms with Crippen molar-refractivity contribution in [2.45, 2.75) is 19.3 Å². The van der Waals surface area contributed by atoms with Crippen LogP contribution in [0.5, 0.6) is 0 Å². The minimum absolute atomic E-state index is 0.114. The minimum atomic E-state index is -0.114. The molecule has 0 atom stereocenters. The largest absolute Gasteiger partial charge is 0.309 e. The highest BCUT2D eigenvalue weighted by atomic mass is 15.0. The van der Waals surface area contributed by atoms with Crippen LogP contribution in [0, 0.1) is 0 Å². The van der Waals surface area contributed by atoms with Gasteiger partial charge in [0.25, 0.3) is 0 Å². The van der Waals surface area contributed by atoms with E-state index >= 15 is 0 Å². The van der Waals surface area contributed by atoms with Gasteiger partial charge in [-0.2, -0.15) is 0 Å². The van der Waals surface area contributed by atoms with Crippen LogP contribution in [0.25, 0.3) is 106 Å². The van der Waals surface area contributed by atoms with E-state index in [4.69, 9.17) is 9.97 Å². The summed E-state index contributed by atoms with van der Waals surface area (Å²) in [7, 11) is 0. The van der Waals surface area contributed by atoms with Gasteiger partial charge in [-0.15, -0.1) is 0 Å². The Labute approximate surface area is 361 Å². The van der Waals surface area contributed by atoms with Crippen molar-refractivity contribution in [1.29, 1.82) is 0 Å². The molecule has 2 aromatic heterocycles. The molecule has 0 N–H and O–H groups in total. The van der Waals surface area contributed by atoms with Gasteiger partial charge >= 0.3 is 0 Å². The van der Waals surface area contributed by atoms with E-state index in [0.717, 1.165) is 39.3 Å². The van der Waals surface area contributed by atoms with Gasteiger partial charge in [0.1, 0.15) is 0 Å². The molecule has 0 aliphatic heterocycles. The summed E-state index contributed by atoms with van der Waals surface area (Å²) in [6.45, 7) is 4.72. The molecule has 0 radical (unpaired) electrons. The van der Waals surface area contributed by atoms with Gasteiger partial charge in [-0.05, 0) is 92.2 Å². The van der Waals surface area contributed by atoms with Crippen LogP contribution in [0.2, 0.25) is 0 Å². The molecule has 3 nitrogen and oxygen atoms in total. The number of hydrogen-bond donors (Lipinski definition) is 0. The Kier molecular flexibility index (Phi) is 8.20. The Morgan fingerprint density at radius 1 is 0.371 bits per heavy atom. The molecule has 292 valence electrons. The van der Waals surface area contributed by atoms with E-state index in [9.17, 15) is 0 Å². The van der Waals surface area contributed by atoms with Crippen LogP contribution in [-0.4, -0.2) is 14.5 Å². The molecule has 1 aliphatic rings. The SMILES string of the molecule is CC1(C)c2cc3ccccc3cc2-c2c(-c3cccc(-c4cc(-c5ccc(-c6ccccc6-n6c7ccccc7c7ccccc76)cc5)nc(-c5ccccc5)n4)c3)cccc21. The number of rotatable bonds is 6. The predicted molar refractivity (Wildman–Crippen MR) is 259 cm³/mol. The maximum absolute atomic E-state index is 5.24. The monoisotopic (exact) mass is 791 g/mol. The van der Waals surface area contributed by atoms with Gasteiger partial charge in [0.15, 0.2) is 5.82 Å². The van der Waals surface area contributed by atoms with E-state index in [2.05, 4.69) is 213 Å². The summed E-state index contributed by atoms with van der Waals surface area (Å²) >= 11 is 0. The highest BCUT2D eigenvalue weighted by molar-refractivity contribution is 6.09. The second kappa shape index (κ2) is 14.1. The molecule has 11 aromatic rings. The zero-order chi connectivity index (χ0) is 41.4. The molecular weight excluding hydrogens is 751 g/mol. The quantitative estimate of drug-likeness (QED) is 0.168. The molecule has 0 amide bonds. The lowest BCUT2D eigenvalue weighted by Crippen LogP contribution is -2.14. The van der Waals surface area contributed by atoms with Gasteiger partial charge < -0.3 is 4.57 Å². The Bertz CT molecular complexity index is 3490. The fraction of sp³-hybridized carbons (Fsp3) is 0.0508. The van der Waals surface area contributed by atoms with Gasteiger partial charge in [-0.1, -0.05) is 184 Å². The van der Waals surface area contributed by atoms with Crippen molar-refractivity contribution >= 4 is 32.6 Å². The van der Waals surface area contributed by atoms with E-state index in [1.807, 2.05) is 18.2 Å². The summed E-state index contributed by atoms with van der Waals surface area (Å²) in [4.78, 5) is 10.4. The fourth-order valence-corrected chi connectivity index (χ4v) is 9.93. The van der Waals surface area contributed by atoms with Gasteiger partial charge in [0.05, 0.1) is 28.1 Å². The van der Waals surface area contributed by atoms with Crippen molar-refractivity contribution in [1.82, 2.24) is 14.5 Å². The third-order valence-corrected chi connectivity index (χ3v) is 13.0. The van der Waals surface area contributed by atoms with Crippen molar-refractivity contribution in [3.05, 3.63) is 223 Å². The first-order valence-corrected chi connectivity index (χ1v) is 21.4. The molecular formula is C59H41N3. The molecule has 0 unspecified atom stereocenters. The van der Waals surface area contributed by atoms with Crippen LogP contribution in [0.15, 0.2) is 212 Å². The van der Waals surface area contributed by atoms with E-state index in [-0.39, 0.29) is 5.41 Å². The lowest BCUT2D eigenvalue weighted by molar-refractivity contribution is 0.661. The number of benzene rings is 9. The first kappa shape index (κ1) is 36.0. The minimum Gasteiger partial charge on any atom is -0.309 e. The lowest BCUT2D eigenvalue weighted by atomic mass is 9.81. The van der Waals surface area contributed by atoms with Gasteiger partial charge in [-0.25, -0.2) is 9.97 Å². The first-order valence-electron chi connectivity index (χ1n) is 21.4. The summed E-state index contributed by atoms with van der Waals surface area (Å²) in [6.07, 6.45) is 0. The predicted octanol–water partition coefficient (Wildman–Crippen LogP) is 15.4. The number of fused-ring (bicyclic) bond motifs is 7. The summed E-state index contributed by atoms with van der Waals surface area (Å²) in [5.41, 5.74) is 18.4. The molecule has 0 spiro atoms. The first-order chi connectivity index (χ1) is 30.5. The molecule has 0 saturated carbocycles. The normalized spacial score (nSPS) is 12.8. The van der Waals surface area contributed by atoms with Crippen LogP contribution >= 0.6 is 0 Å². The molecule has 12 rings (SSSR count). The Balaban J connectivity index is 0.960. The van der Waals surface area contributed by atoms with Crippen molar-refractivity contribution in [2.75, 3.05) is 0 Å². The van der Waals surface area contributed by atoms with E-state index < -0.39 is 0 Å². The number of hydrogen-bond acceptors (Lipinski definition) is 2. The zero-order valence-corrected chi connectivity index (χ0v) is 34.5. The van der Waals surface area contributed by atoms with Gasteiger partial charge in [-0.3, -0.25) is 0 Å². The maximum atomic E-state index is 5.24. The molecule has 2 heterocycles. The second-order valence-electron chi connectivity index (χ2n) is 17.0. The van der Waals surface area contributed by atoms with Crippen molar-refractivity contribution < 1.29 is 0 Å². The van der Waals surface area contributed by atoms with Gasteiger partial charge in [0, 0.05) is 38.4 Å². The van der Waals surface area contributed by atoms with E-state index in [1.165, 1.54) is 71.5 Å². The lowest BCUT2D eigenvalue weighted by Gasteiger charge is -2.22. The smallest absolute Gasteiger partial charge is 0.160 e. The Morgan fingerprint density at radius 2 is 0.935 bits per heavy atom. The topological polar surface area (TPSA) is 30.7 Å². The van der Waals surface area contributed by atoms with Crippen molar-refractivity contribution in [3.8, 4) is 73.0 Å². The van der Waals surface area contributed by atoms with Crippen LogP contribution in [0.4, 0.5) is 0 Å². The van der Waals surface area contributed by atoms with E-state index in [0.29, 0.717) is 5.82 Å². The van der Waals surface area contributed by atoms with Crippen molar-refractivity contribution in [3.63, 3.8) is 0 Å². The van der Waals surface area contributed by atoms with Crippen LogP contribution < -0.4 is 0 Å². The molecule has 0 bridgehead atoms. The fourth-order valence-electron chi connectivity index (χ4n) is 9.93. The molecule has 9 aromatic carbocycles. The van der Waals surface area contributed by atoms with Crippen LogP contribution in [0.1, 0.15) is 25.0 Å². The highest BCUT2D eigenvalue weighted by Gasteiger charge is 2.37. The third kappa shape index (κ3) is 5.73. The van der Waals surface area contributed by atoms with Gasteiger partial charge in [0.2, 0.25) is 0 Å². The Hall–Kier alpha value is -7.88. The van der Waals surface area contributed by atoms with Crippen molar-refractivity contribution in [2.24, 2.45) is 0 Å². The maximum Gasteiger partial charge on any atom is 0.160 e. The zero-order valence-electron chi connectivity index (χ0n) is 34.5. The van der Waals surface area contributed by atoms with E-state index in [1.54, 1.807) is 0 Å². The summed E-state index contributed by atoms with van der Waals surface area (Å²) in [5.74, 6) is 0.701. The molecule has 0 saturated heterocycles. The molecule has 1 aliphatic carbocycles. The molecule has 0 fully saturated rings. The number of aromatic nitrogens is 3.